The minimum absolute atomic E-state index is 0.00877. The highest BCUT2D eigenvalue weighted by Crippen LogP contribution is 2.39. The van der Waals surface area contributed by atoms with Crippen LogP contribution in [0.25, 0.3) is 11.4 Å². The van der Waals surface area contributed by atoms with Crippen LogP contribution in [0.4, 0.5) is 5.69 Å². The Bertz CT molecular complexity index is 1110. The molecule has 31 heavy (non-hydrogen) atoms. The maximum atomic E-state index is 13.0. The number of aromatic nitrogens is 4. The van der Waals surface area contributed by atoms with Crippen molar-refractivity contribution in [3.63, 3.8) is 0 Å². The van der Waals surface area contributed by atoms with Gasteiger partial charge in [-0.05, 0) is 56.0 Å². The van der Waals surface area contributed by atoms with Crippen LogP contribution in [-0.4, -0.2) is 63.1 Å². The second-order valence-corrected chi connectivity index (χ2v) is 10.8. The van der Waals surface area contributed by atoms with Gasteiger partial charge >= 0.3 is 0 Å². The van der Waals surface area contributed by atoms with Crippen molar-refractivity contribution in [3.8, 4) is 11.4 Å². The summed E-state index contributed by atoms with van der Waals surface area (Å²) in [6, 6.07) is 2.43. The van der Waals surface area contributed by atoms with Crippen molar-refractivity contribution in [2.24, 2.45) is 16.8 Å². The van der Waals surface area contributed by atoms with Crippen molar-refractivity contribution in [2.75, 3.05) is 24.5 Å². The van der Waals surface area contributed by atoms with E-state index in [-0.39, 0.29) is 11.4 Å². The Kier molecular flexibility index (Phi) is 6.95. The molecule has 14 heteroatoms. The third-order valence-electron chi connectivity index (χ3n) is 5.50. The molecule has 1 fully saturated rings. The second kappa shape index (κ2) is 9.16. The fourth-order valence-corrected chi connectivity index (χ4v) is 6.54. The van der Waals surface area contributed by atoms with Gasteiger partial charge in [-0.3, -0.25) is 0 Å². The molecule has 172 valence electrons. The maximum absolute atomic E-state index is 13.0. The molecule has 1 saturated heterocycles. The standard InChI is InChI=1S/C17H28N8O4S2/c1-3-11(2)22-31(28,29)14-5-4-13(25-8-6-12(10-18)7-9-25)15(16(14)30(19,26)27)17-20-23-24-21-17/h4-5,11-12,22H,3,6-10,18H2,1-2H3,(H2,19,26,27)(H,20,21,23,24)/t11-/m1/s1. The molecule has 12 nitrogen and oxygen atoms in total. The van der Waals surface area contributed by atoms with E-state index in [4.69, 9.17) is 10.9 Å². The van der Waals surface area contributed by atoms with Gasteiger partial charge in [-0.1, -0.05) is 6.92 Å². The number of aromatic amines is 1. The summed E-state index contributed by atoms with van der Waals surface area (Å²) < 4.78 is 53.9. The Balaban J connectivity index is 2.24. The molecule has 1 aliphatic rings. The number of tetrazole rings is 1. The first-order valence-corrected chi connectivity index (χ1v) is 13.0. The third kappa shape index (κ3) is 5.03. The van der Waals surface area contributed by atoms with Crippen molar-refractivity contribution in [2.45, 2.75) is 48.9 Å². The number of anilines is 1. The zero-order valence-electron chi connectivity index (χ0n) is 17.4. The quantitative estimate of drug-likeness (QED) is 0.402. The van der Waals surface area contributed by atoms with Crippen molar-refractivity contribution < 1.29 is 16.8 Å². The smallest absolute Gasteiger partial charge is 0.242 e. The van der Waals surface area contributed by atoms with Gasteiger partial charge in [0.1, 0.15) is 9.79 Å². The van der Waals surface area contributed by atoms with Crippen LogP contribution in [0, 0.1) is 5.92 Å². The predicted molar refractivity (Wildman–Crippen MR) is 115 cm³/mol. The summed E-state index contributed by atoms with van der Waals surface area (Å²) in [6.45, 7) is 5.31. The van der Waals surface area contributed by atoms with Gasteiger partial charge in [0.25, 0.3) is 0 Å². The summed E-state index contributed by atoms with van der Waals surface area (Å²) in [4.78, 5) is 0.962. The van der Waals surface area contributed by atoms with E-state index in [1.165, 1.54) is 6.07 Å². The van der Waals surface area contributed by atoms with Crippen molar-refractivity contribution in [3.05, 3.63) is 12.1 Å². The molecule has 0 bridgehead atoms. The van der Waals surface area contributed by atoms with Crippen LogP contribution >= 0.6 is 0 Å². The van der Waals surface area contributed by atoms with Gasteiger partial charge in [0.15, 0.2) is 0 Å². The number of H-pyrrole nitrogens is 1. The van der Waals surface area contributed by atoms with E-state index in [0.717, 1.165) is 12.8 Å². The number of sulfonamides is 2. The number of nitrogens with zero attached hydrogens (tertiary/aromatic N) is 4. The van der Waals surface area contributed by atoms with Gasteiger partial charge < -0.3 is 10.6 Å². The molecule has 1 atom stereocenters. The highest BCUT2D eigenvalue weighted by molar-refractivity contribution is 7.92. The molecule has 1 aromatic heterocycles. The lowest BCUT2D eigenvalue weighted by atomic mass is 9.96. The third-order valence-corrected chi connectivity index (χ3v) is 8.25. The van der Waals surface area contributed by atoms with Crippen LogP contribution in [0.15, 0.2) is 21.9 Å². The average Bonchev–Trinajstić information content (AvgIpc) is 3.26. The molecule has 1 aromatic carbocycles. The Morgan fingerprint density at radius 3 is 2.45 bits per heavy atom. The molecule has 6 N–H and O–H groups in total. The van der Waals surface area contributed by atoms with Gasteiger partial charge in [-0.25, -0.2) is 26.7 Å². The molecule has 3 rings (SSSR count). The zero-order chi connectivity index (χ0) is 22.8. The van der Waals surface area contributed by atoms with Crippen molar-refractivity contribution in [1.29, 1.82) is 0 Å². The first-order chi connectivity index (χ1) is 14.6. The molecule has 0 radical (unpaired) electrons. The van der Waals surface area contributed by atoms with E-state index in [1.54, 1.807) is 13.0 Å². The molecule has 0 unspecified atom stereocenters. The van der Waals surface area contributed by atoms with Crippen molar-refractivity contribution in [1.82, 2.24) is 25.3 Å². The lowest BCUT2D eigenvalue weighted by Gasteiger charge is -2.34. The minimum atomic E-state index is -4.48. The van der Waals surface area contributed by atoms with E-state index < -0.39 is 35.9 Å². The number of hydrogen-bond acceptors (Lipinski definition) is 9. The summed E-state index contributed by atoms with van der Waals surface area (Å²) in [6.07, 6.45) is 2.17. The lowest BCUT2D eigenvalue weighted by molar-refractivity contribution is 0.414. The number of rotatable bonds is 8. The van der Waals surface area contributed by atoms with Crippen LogP contribution < -0.4 is 20.5 Å². The first-order valence-electron chi connectivity index (χ1n) is 9.99. The predicted octanol–water partition coefficient (Wildman–Crippen LogP) is -0.234. The Morgan fingerprint density at radius 2 is 1.94 bits per heavy atom. The Hall–Kier alpha value is -2.13. The monoisotopic (exact) mass is 472 g/mol. The zero-order valence-corrected chi connectivity index (χ0v) is 19.1. The van der Waals surface area contributed by atoms with Crippen LogP contribution in [-0.2, 0) is 20.0 Å². The number of nitrogens with one attached hydrogen (secondary N) is 2. The van der Waals surface area contributed by atoms with Crippen LogP contribution in [0.5, 0.6) is 0 Å². The van der Waals surface area contributed by atoms with Gasteiger partial charge in [0, 0.05) is 24.8 Å². The summed E-state index contributed by atoms with van der Waals surface area (Å²) in [5, 5.41) is 19.2. The second-order valence-electron chi connectivity index (χ2n) is 7.66. The number of piperidine rings is 1. The lowest BCUT2D eigenvalue weighted by Crippen LogP contribution is -2.37. The van der Waals surface area contributed by atoms with Crippen LogP contribution in [0.2, 0.25) is 0 Å². The van der Waals surface area contributed by atoms with Crippen LogP contribution in [0.1, 0.15) is 33.1 Å². The largest absolute Gasteiger partial charge is 0.371 e. The number of hydrogen-bond donors (Lipinski definition) is 4. The normalized spacial score (nSPS) is 17.1. The molecule has 2 aromatic rings. The average molecular weight is 473 g/mol. The van der Waals surface area contributed by atoms with Gasteiger partial charge in [0.05, 0.1) is 5.56 Å². The number of primary sulfonamides is 1. The number of benzene rings is 1. The van der Waals surface area contributed by atoms with Gasteiger partial charge in [0.2, 0.25) is 25.9 Å². The Labute approximate surface area is 181 Å². The molecule has 2 heterocycles. The molecule has 0 saturated carbocycles. The summed E-state index contributed by atoms with van der Waals surface area (Å²) in [7, 11) is -8.67. The molecule has 0 aliphatic carbocycles. The SMILES string of the molecule is CC[C@@H](C)NS(=O)(=O)c1ccc(N2CCC(CN)CC2)c(-c2nn[nH]n2)c1S(N)(=O)=O. The fourth-order valence-electron chi connectivity index (χ4n) is 3.62. The van der Waals surface area contributed by atoms with E-state index in [0.29, 0.717) is 37.7 Å². The molecular weight excluding hydrogens is 444 g/mol. The fraction of sp³-hybridized carbons (Fsp3) is 0.588. The highest BCUT2D eigenvalue weighted by Gasteiger charge is 2.34. The molecule has 1 aliphatic heterocycles. The van der Waals surface area contributed by atoms with E-state index in [9.17, 15) is 16.8 Å². The van der Waals surface area contributed by atoms with E-state index in [2.05, 4.69) is 25.3 Å². The summed E-state index contributed by atoms with van der Waals surface area (Å²) in [5.74, 6) is 0.322. The minimum Gasteiger partial charge on any atom is -0.371 e. The summed E-state index contributed by atoms with van der Waals surface area (Å²) >= 11 is 0. The molecule has 0 spiro atoms. The van der Waals surface area contributed by atoms with E-state index >= 15 is 0 Å². The Morgan fingerprint density at radius 1 is 1.26 bits per heavy atom. The molecular formula is C17H28N8O4S2. The number of nitrogens with two attached hydrogens (primary N) is 2. The van der Waals surface area contributed by atoms with Gasteiger partial charge in [-0.2, -0.15) is 5.21 Å². The van der Waals surface area contributed by atoms with Crippen molar-refractivity contribution >= 4 is 25.7 Å². The first kappa shape index (κ1) is 23.5. The highest BCUT2D eigenvalue weighted by atomic mass is 32.2. The van der Waals surface area contributed by atoms with Crippen LogP contribution in [0.3, 0.4) is 0 Å². The summed E-state index contributed by atoms with van der Waals surface area (Å²) in [5.41, 5.74) is 6.26. The maximum Gasteiger partial charge on any atom is 0.242 e. The van der Waals surface area contributed by atoms with Gasteiger partial charge in [-0.15, -0.1) is 10.2 Å². The van der Waals surface area contributed by atoms with E-state index in [1.807, 2.05) is 11.8 Å². The molecule has 0 amide bonds. The topological polar surface area (TPSA) is 190 Å².